The number of nitrogens with zero attached hydrogens (tertiary/aromatic N) is 1. The summed E-state index contributed by atoms with van der Waals surface area (Å²) >= 11 is 0. The number of H-pyrrole nitrogens is 1. The third kappa shape index (κ3) is 3.76. The molecule has 1 saturated heterocycles. The summed E-state index contributed by atoms with van der Waals surface area (Å²) in [5.74, 6) is 0.485. The number of aliphatic hydroxyl groups excluding tert-OH is 1. The lowest BCUT2D eigenvalue weighted by Gasteiger charge is -2.33. The van der Waals surface area contributed by atoms with Crippen LogP contribution in [0.25, 0.3) is 10.9 Å². The second kappa shape index (κ2) is 7.94. The molecular formula is C22H27N3O. The average molecular weight is 349 g/mol. The SMILES string of the molecule is OCC1CCN(c2ccc(CNCc3cccc4[nH]ccc34)cc2)CC1. The number of aromatic amines is 1. The summed E-state index contributed by atoms with van der Waals surface area (Å²) in [7, 11) is 0. The quantitative estimate of drug-likeness (QED) is 0.636. The number of hydrogen-bond acceptors (Lipinski definition) is 3. The van der Waals surface area contributed by atoms with E-state index in [1.807, 2.05) is 6.20 Å². The van der Waals surface area contributed by atoms with Crippen LogP contribution in [0.15, 0.2) is 54.7 Å². The van der Waals surface area contributed by atoms with Gasteiger partial charge in [0.2, 0.25) is 0 Å². The van der Waals surface area contributed by atoms with Gasteiger partial charge in [0.25, 0.3) is 0 Å². The molecule has 4 rings (SSSR count). The van der Waals surface area contributed by atoms with Crippen molar-refractivity contribution in [3.63, 3.8) is 0 Å². The summed E-state index contributed by atoms with van der Waals surface area (Å²) in [6, 6.07) is 17.4. The highest BCUT2D eigenvalue weighted by Gasteiger charge is 2.18. The van der Waals surface area contributed by atoms with E-state index in [9.17, 15) is 5.11 Å². The van der Waals surface area contributed by atoms with Crippen LogP contribution < -0.4 is 10.2 Å². The Morgan fingerprint density at radius 3 is 2.58 bits per heavy atom. The molecular weight excluding hydrogens is 322 g/mol. The minimum Gasteiger partial charge on any atom is -0.396 e. The normalized spacial score (nSPS) is 15.7. The third-order valence-corrected chi connectivity index (χ3v) is 5.50. The number of fused-ring (bicyclic) bond motifs is 1. The van der Waals surface area contributed by atoms with Crippen molar-refractivity contribution in [3.05, 3.63) is 65.9 Å². The Kier molecular flexibility index (Phi) is 5.23. The fourth-order valence-electron chi connectivity index (χ4n) is 3.84. The number of anilines is 1. The summed E-state index contributed by atoms with van der Waals surface area (Å²) in [5, 5.41) is 14.1. The summed E-state index contributed by atoms with van der Waals surface area (Å²) in [6.07, 6.45) is 4.17. The molecule has 1 aliphatic rings. The Bertz CT molecular complexity index is 832. The maximum absolute atomic E-state index is 9.27. The molecule has 0 amide bonds. The first-order valence-electron chi connectivity index (χ1n) is 9.54. The molecule has 1 aromatic heterocycles. The van der Waals surface area contributed by atoms with Crippen molar-refractivity contribution in [3.8, 4) is 0 Å². The molecule has 0 bridgehead atoms. The van der Waals surface area contributed by atoms with Crippen molar-refractivity contribution in [2.24, 2.45) is 5.92 Å². The largest absolute Gasteiger partial charge is 0.396 e. The van der Waals surface area contributed by atoms with Gasteiger partial charge in [0.05, 0.1) is 0 Å². The Balaban J connectivity index is 1.31. The highest BCUT2D eigenvalue weighted by atomic mass is 16.3. The first-order chi connectivity index (χ1) is 12.8. The predicted molar refractivity (Wildman–Crippen MR) is 107 cm³/mol. The minimum absolute atomic E-state index is 0.328. The van der Waals surface area contributed by atoms with Gasteiger partial charge in [-0.3, -0.25) is 0 Å². The van der Waals surface area contributed by atoms with E-state index in [4.69, 9.17) is 0 Å². The number of piperidine rings is 1. The number of aliphatic hydroxyl groups is 1. The summed E-state index contributed by atoms with van der Waals surface area (Å²) in [4.78, 5) is 5.69. The summed E-state index contributed by atoms with van der Waals surface area (Å²) < 4.78 is 0. The van der Waals surface area contributed by atoms with Crippen LogP contribution in [-0.4, -0.2) is 29.8 Å². The lowest BCUT2D eigenvalue weighted by Crippen LogP contribution is -2.34. The van der Waals surface area contributed by atoms with Gasteiger partial charge in [0.15, 0.2) is 0 Å². The van der Waals surface area contributed by atoms with E-state index in [0.717, 1.165) is 39.0 Å². The number of rotatable bonds is 6. The Morgan fingerprint density at radius 1 is 1.00 bits per heavy atom. The minimum atomic E-state index is 0.328. The fraction of sp³-hybridized carbons (Fsp3) is 0.364. The molecule has 4 heteroatoms. The van der Waals surface area contributed by atoms with Gasteiger partial charge >= 0.3 is 0 Å². The Labute approximate surface area is 154 Å². The lowest BCUT2D eigenvalue weighted by atomic mass is 9.97. The van der Waals surface area contributed by atoms with Gasteiger partial charge in [-0.2, -0.15) is 0 Å². The smallest absolute Gasteiger partial charge is 0.0460 e. The van der Waals surface area contributed by atoms with Crippen LogP contribution in [0.1, 0.15) is 24.0 Å². The van der Waals surface area contributed by atoms with Crippen LogP contribution in [0, 0.1) is 5.92 Å². The van der Waals surface area contributed by atoms with Crippen molar-refractivity contribution in [2.75, 3.05) is 24.6 Å². The van der Waals surface area contributed by atoms with Crippen molar-refractivity contribution in [2.45, 2.75) is 25.9 Å². The molecule has 2 heterocycles. The summed E-state index contributed by atoms with van der Waals surface area (Å²) in [6.45, 7) is 4.15. The highest BCUT2D eigenvalue weighted by molar-refractivity contribution is 5.82. The molecule has 1 fully saturated rings. The zero-order valence-electron chi connectivity index (χ0n) is 15.1. The first-order valence-corrected chi connectivity index (χ1v) is 9.54. The standard InChI is InChI=1S/C22H27N3O/c26-16-18-9-12-25(13-10-18)20-6-4-17(5-7-20)14-23-15-19-2-1-3-22-21(19)8-11-24-22/h1-8,11,18,23-24,26H,9-10,12-16H2. The van der Waals surface area contributed by atoms with E-state index in [2.05, 4.69) is 63.7 Å². The lowest BCUT2D eigenvalue weighted by molar-refractivity contribution is 0.203. The fourth-order valence-corrected chi connectivity index (χ4v) is 3.84. The number of benzene rings is 2. The Hall–Kier alpha value is -2.30. The number of nitrogens with one attached hydrogen (secondary N) is 2. The van der Waals surface area contributed by atoms with Crippen molar-refractivity contribution in [1.82, 2.24) is 10.3 Å². The second-order valence-electron chi connectivity index (χ2n) is 7.24. The molecule has 136 valence electrons. The van der Waals surface area contributed by atoms with Crippen LogP contribution in [0.5, 0.6) is 0 Å². The van der Waals surface area contributed by atoms with E-state index >= 15 is 0 Å². The summed E-state index contributed by atoms with van der Waals surface area (Å²) in [5.41, 5.74) is 5.12. The molecule has 0 aliphatic carbocycles. The molecule has 0 saturated carbocycles. The molecule has 3 aromatic rings. The van der Waals surface area contributed by atoms with E-state index < -0.39 is 0 Å². The van der Waals surface area contributed by atoms with Crippen LogP contribution in [0.2, 0.25) is 0 Å². The van der Waals surface area contributed by atoms with Crippen LogP contribution in [0.4, 0.5) is 5.69 Å². The topological polar surface area (TPSA) is 51.3 Å². The molecule has 3 N–H and O–H groups in total. The zero-order valence-corrected chi connectivity index (χ0v) is 15.1. The first kappa shape index (κ1) is 17.1. The van der Waals surface area contributed by atoms with Crippen LogP contribution in [0.3, 0.4) is 0 Å². The van der Waals surface area contributed by atoms with Gasteiger partial charge < -0.3 is 20.3 Å². The average Bonchev–Trinajstić information content (AvgIpc) is 3.18. The highest BCUT2D eigenvalue weighted by Crippen LogP contribution is 2.23. The van der Waals surface area contributed by atoms with Crippen molar-refractivity contribution < 1.29 is 5.11 Å². The van der Waals surface area contributed by atoms with Crippen LogP contribution >= 0.6 is 0 Å². The number of aromatic nitrogens is 1. The van der Waals surface area contributed by atoms with Crippen molar-refractivity contribution >= 4 is 16.6 Å². The molecule has 0 spiro atoms. The van der Waals surface area contributed by atoms with Gasteiger partial charge in [-0.05, 0) is 54.2 Å². The molecule has 2 aromatic carbocycles. The molecule has 1 aliphatic heterocycles. The second-order valence-corrected chi connectivity index (χ2v) is 7.24. The Morgan fingerprint density at radius 2 is 1.81 bits per heavy atom. The molecule has 0 unspecified atom stereocenters. The molecule has 0 atom stereocenters. The molecule has 0 radical (unpaired) electrons. The molecule has 26 heavy (non-hydrogen) atoms. The van der Waals surface area contributed by atoms with Gasteiger partial charge in [-0.25, -0.2) is 0 Å². The van der Waals surface area contributed by atoms with Crippen LogP contribution in [-0.2, 0) is 13.1 Å². The van der Waals surface area contributed by atoms with Gasteiger partial charge in [0.1, 0.15) is 0 Å². The third-order valence-electron chi connectivity index (χ3n) is 5.50. The van der Waals surface area contributed by atoms with Gasteiger partial charge in [-0.1, -0.05) is 24.3 Å². The van der Waals surface area contributed by atoms with E-state index in [0.29, 0.717) is 12.5 Å². The van der Waals surface area contributed by atoms with E-state index in [1.165, 1.54) is 27.7 Å². The number of hydrogen-bond donors (Lipinski definition) is 3. The zero-order chi connectivity index (χ0) is 17.8. The molecule has 4 nitrogen and oxygen atoms in total. The maximum atomic E-state index is 9.27. The van der Waals surface area contributed by atoms with Crippen molar-refractivity contribution in [1.29, 1.82) is 0 Å². The maximum Gasteiger partial charge on any atom is 0.0460 e. The van der Waals surface area contributed by atoms with Gasteiger partial charge in [0, 0.05) is 55.6 Å². The monoisotopic (exact) mass is 349 g/mol. The van der Waals surface area contributed by atoms with E-state index in [1.54, 1.807) is 0 Å². The van der Waals surface area contributed by atoms with E-state index in [-0.39, 0.29) is 0 Å². The van der Waals surface area contributed by atoms with Gasteiger partial charge in [-0.15, -0.1) is 0 Å². The predicted octanol–water partition coefficient (Wildman–Crippen LogP) is 3.67.